The van der Waals surface area contributed by atoms with Crippen molar-refractivity contribution in [1.29, 1.82) is 0 Å². The smallest absolute Gasteiger partial charge is 0.220 e. The maximum Gasteiger partial charge on any atom is 0.220 e. The summed E-state index contributed by atoms with van der Waals surface area (Å²) in [5.41, 5.74) is 5.28. The normalized spacial score (nSPS) is 16.6. The maximum absolute atomic E-state index is 12.6. The van der Waals surface area contributed by atoms with Gasteiger partial charge in [0.2, 0.25) is 5.91 Å². The van der Waals surface area contributed by atoms with Crippen molar-refractivity contribution in [2.75, 3.05) is 13.2 Å². The number of rotatable bonds is 7. The molecule has 0 radical (unpaired) electrons. The zero-order valence-corrected chi connectivity index (χ0v) is 26.3. The summed E-state index contributed by atoms with van der Waals surface area (Å²) < 4.78 is 12.7. The summed E-state index contributed by atoms with van der Waals surface area (Å²) in [6, 6.07) is 22.8. The summed E-state index contributed by atoms with van der Waals surface area (Å²) in [5.74, 6) is 1.43. The van der Waals surface area contributed by atoms with Gasteiger partial charge in [0.15, 0.2) is 6.23 Å². The quantitative estimate of drug-likeness (QED) is 0.201. The van der Waals surface area contributed by atoms with Crippen LogP contribution in [0.3, 0.4) is 0 Å². The number of benzene rings is 4. The molecule has 1 N–H and O–H groups in total. The summed E-state index contributed by atoms with van der Waals surface area (Å²) in [5, 5.41) is 5.63. The van der Waals surface area contributed by atoms with Crippen LogP contribution >= 0.6 is 58.8 Å². The molecule has 2 atom stereocenters. The second-order valence-electron chi connectivity index (χ2n) is 10.1. The highest BCUT2D eigenvalue weighted by Crippen LogP contribution is 2.45. The van der Waals surface area contributed by atoms with E-state index >= 15 is 0 Å². The molecule has 0 bridgehead atoms. The molecule has 5 nitrogen and oxygen atoms in total. The lowest BCUT2D eigenvalue weighted by molar-refractivity contribution is -0.130. The van der Waals surface area contributed by atoms with E-state index in [0.29, 0.717) is 46.1 Å². The molecule has 2 aliphatic heterocycles. The monoisotopic (exact) mass is 662 g/mol. The molecular formula is C32H27Cl5N2O3. The van der Waals surface area contributed by atoms with E-state index in [0.717, 1.165) is 44.9 Å². The molecule has 0 saturated carbocycles. The Morgan fingerprint density at radius 3 is 1.76 bits per heavy atom. The maximum atomic E-state index is 12.6. The van der Waals surface area contributed by atoms with Gasteiger partial charge in [0.1, 0.15) is 17.6 Å². The number of hydrogen-bond acceptors (Lipinski definition) is 4. The van der Waals surface area contributed by atoms with Crippen LogP contribution in [0.15, 0.2) is 72.8 Å². The van der Waals surface area contributed by atoms with Crippen LogP contribution in [0.2, 0.25) is 20.1 Å². The first-order chi connectivity index (χ1) is 19.8. The molecule has 0 spiro atoms. The summed E-state index contributed by atoms with van der Waals surface area (Å²) in [6.45, 7) is 2.27. The Morgan fingerprint density at radius 2 is 1.24 bits per heavy atom. The number of carbonyl (C=O) groups excluding carboxylic acids is 1. The molecular weight excluding hydrogens is 638 g/mol. The van der Waals surface area contributed by atoms with Crippen molar-refractivity contribution in [3.8, 4) is 33.8 Å². The van der Waals surface area contributed by atoms with Gasteiger partial charge in [-0.15, -0.1) is 12.4 Å². The highest BCUT2D eigenvalue weighted by molar-refractivity contribution is 6.40. The highest BCUT2D eigenvalue weighted by atomic mass is 35.5. The number of nitrogens with zero attached hydrogens (tertiary/aromatic N) is 1. The second-order valence-corrected chi connectivity index (χ2v) is 11.8. The first-order valence-electron chi connectivity index (χ1n) is 13.2. The van der Waals surface area contributed by atoms with E-state index in [2.05, 4.69) is 5.32 Å². The third-order valence-corrected chi connectivity index (χ3v) is 8.69. The Labute approximate surface area is 271 Å². The van der Waals surface area contributed by atoms with Gasteiger partial charge >= 0.3 is 0 Å². The molecule has 0 aromatic heterocycles. The van der Waals surface area contributed by atoms with Gasteiger partial charge in [-0.1, -0.05) is 94.9 Å². The predicted octanol–water partition coefficient (Wildman–Crippen LogP) is 8.72. The number of nitrogens with one attached hydrogen (secondary N) is 1. The molecule has 2 unspecified atom stereocenters. The summed E-state index contributed by atoms with van der Waals surface area (Å²) in [6.07, 6.45) is 0.783. The van der Waals surface area contributed by atoms with Crippen LogP contribution in [-0.2, 0) is 17.6 Å². The van der Waals surface area contributed by atoms with Gasteiger partial charge in [-0.2, -0.15) is 0 Å². The third kappa shape index (κ3) is 6.05. The standard InChI is InChI=1S/C32H26Cl4N2O3.ClH/c1-18(39)38(16-21-14-19-6-2-8-22(31(19)40-21)29-24(33)10-4-11-25(29)34)17-37-28-15-20-7-3-9-23(32(20)41-28)30-26(35)12-5-13-27(30)36;/h2-13,21,28,37H,14-17H2,1H3;1H. The van der Waals surface area contributed by atoms with Gasteiger partial charge in [0, 0.05) is 42.0 Å². The zero-order valence-electron chi connectivity index (χ0n) is 22.5. The molecule has 10 heteroatoms. The van der Waals surface area contributed by atoms with E-state index in [1.807, 2.05) is 72.8 Å². The number of halogens is 5. The summed E-state index contributed by atoms with van der Waals surface area (Å²) >= 11 is 26.0. The summed E-state index contributed by atoms with van der Waals surface area (Å²) in [4.78, 5) is 14.4. The molecule has 218 valence electrons. The topological polar surface area (TPSA) is 50.8 Å². The fraction of sp³-hybridized carbons (Fsp3) is 0.219. The minimum atomic E-state index is -0.315. The van der Waals surface area contributed by atoms with Gasteiger partial charge in [-0.05, 0) is 35.4 Å². The molecule has 6 rings (SSSR count). The van der Waals surface area contributed by atoms with Crippen LogP contribution in [0.5, 0.6) is 11.5 Å². The van der Waals surface area contributed by atoms with E-state index in [9.17, 15) is 4.79 Å². The first-order valence-corrected chi connectivity index (χ1v) is 14.8. The largest absolute Gasteiger partial charge is 0.487 e. The van der Waals surface area contributed by atoms with Crippen molar-refractivity contribution in [3.05, 3.63) is 104 Å². The van der Waals surface area contributed by atoms with Crippen LogP contribution in [0.4, 0.5) is 0 Å². The number of ether oxygens (including phenoxy) is 2. The molecule has 0 fully saturated rings. The van der Waals surface area contributed by atoms with Crippen molar-refractivity contribution in [2.45, 2.75) is 32.1 Å². The molecule has 0 aliphatic carbocycles. The van der Waals surface area contributed by atoms with Gasteiger partial charge in [-0.3, -0.25) is 10.1 Å². The highest BCUT2D eigenvalue weighted by Gasteiger charge is 2.31. The van der Waals surface area contributed by atoms with Crippen LogP contribution in [0.1, 0.15) is 18.1 Å². The minimum Gasteiger partial charge on any atom is -0.487 e. The lowest BCUT2D eigenvalue weighted by atomic mass is 10.0. The van der Waals surface area contributed by atoms with Crippen LogP contribution in [-0.4, -0.2) is 36.4 Å². The van der Waals surface area contributed by atoms with E-state index in [1.165, 1.54) is 0 Å². The van der Waals surface area contributed by atoms with Crippen molar-refractivity contribution in [1.82, 2.24) is 10.2 Å². The Kier molecular flexibility index (Phi) is 9.48. The minimum absolute atomic E-state index is 0. The van der Waals surface area contributed by atoms with Crippen LogP contribution in [0, 0.1) is 0 Å². The van der Waals surface area contributed by atoms with Crippen molar-refractivity contribution in [3.63, 3.8) is 0 Å². The fourth-order valence-electron chi connectivity index (χ4n) is 5.49. The molecule has 0 saturated heterocycles. The van der Waals surface area contributed by atoms with E-state index in [1.54, 1.807) is 11.8 Å². The number of carbonyl (C=O) groups is 1. The van der Waals surface area contributed by atoms with Gasteiger partial charge in [-0.25, -0.2) is 0 Å². The van der Waals surface area contributed by atoms with E-state index < -0.39 is 0 Å². The fourth-order valence-corrected chi connectivity index (χ4v) is 6.69. The van der Waals surface area contributed by atoms with Gasteiger partial charge in [0.05, 0.1) is 33.3 Å². The Bertz CT molecular complexity index is 1610. The van der Waals surface area contributed by atoms with Crippen molar-refractivity contribution < 1.29 is 14.3 Å². The zero-order chi connectivity index (χ0) is 28.7. The molecule has 4 aromatic rings. The molecule has 1 amide bonds. The van der Waals surface area contributed by atoms with Crippen molar-refractivity contribution >= 4 is 64.7 Å². The SMILES string of the molecule is CC(=O)N(CNC1Cc2cccc(-c3c(Cl)cccc3Cl)c2O1)CC1Cc2cccc(-c3c(Cl)cccc3Cl)c2O1.Cl. The van der Waals surface area contributed by atoms with Crippen LogP contribution in [0.25, 0.3) is 22.3 Å². The number of para-hydroxylation sites is 2. The Morgan fingerprint density at radius 1 is 0.762 bits per heavy atom. The van der Waals surface area contributed by atoms with E-state index in [-0.39, 0.29) is 30.6 Å². The van der Waals surface area contributed by atoms with Crippen molar-refractivity contribution in [2.24, 2.45) is 0 Å². The Hall–Kier alpha value is -2.64. The van der Waals surface area contributed by atoms with Gasteiger partial charge in [0.25, 0.3) is 0 Å². The molecule has 42 heavy (non-hydrogen) atoms. The number of hydrogen-bond donors (Lipinski definition) is 1. The molecule has 2 aliphatic rings. The molecule has 4 aromatic carbocycles. The summed E-state index contributed by atoms with van der Waals surface area (Å²) in [7, 11) is 0. The lowest BCUT2D eigenvalue weighted by Gasteiger charge is -2.26. The molecule has 2 heterocycles. The predicted molar refractivity (Wildman–Crippen MR) is 173 cm³/mol. The van der Waals surface area contributed by atoms with E-state index in [4.69, 9.17) is 55.9 Å². The number of amides is 1. The second kappa shape index (κ2) is 12.9. The average Bonchev–Trinajstić information content (AvgIpc) is 3.55. The average molecular weight is 665 g/mol. The Balaban J connectivity index is 0.00000353. The lowest BCUT2D eigenvalue weighted by Crippen LogP contribution is -2.47. The number of fused-ring (bicyclic) bond motifs is 2. The third-order valence-electron chi connectivity index (χ3n) is 7.43. The first kappa shape index (κ1) is 30.8. The van der Waals surface area contributed by atoms with Crippen LogP contribution < -0.4 is 14.8 Å². The van der Waals surface area contributed by atoms with Gasteiger partial charge < -0.3 is 14.4 Å².